The van der Waals surface area contributed by atoms with Gasteiger partial charge in [-0.2, -0.15) is 0 Å². The second-order valence-electron chi connectivity index (χ2n) is 6.45. The van der Waals surface area contributed by atoms with E-state index in [1.54, 1.807) is 0 Å². The first-order chi connectivity index (χ1) is 13.0. The molecule has 0 radical (unpaired) electrons. The van der Waals surface area contributed by atoms with Crippen LogP contribution in [0.25, 0.3) is 0 Å². The summed E-state index contributed by atoms with van der Waals surface area (Å²) in [6, 6.07) is 12.4. The third kappa shape index (κ3) is 4.13. The fourth-order valence-corrected chi connectivity index (χ4v) is 3.26. The predicted octanol–water partition coefficient (Wildman–Crippen LogP) is 3.03. The summed E-state index contributed by atoms with van der Waals surface area (Å²) in [6.45, 7) is 0.730. The smallest absolute Gasteiger partial charge is 0.407 e. The average Bonchev–Trinajstić information content (AvgIpc) is 3.16. The summed E-state index contributed by atoms with van der Waals surface area (Å²) in [5.41, 5.74) is 0.895. The zero-order valence-electron chi connectivity index (χ0n) is 14.5. The Labute approximate surface area is 155 Å². The van der Waals surface area contributed by atoms with Crippen LogP contribution < -0.4 is 0 Å². The normalized spacial score (nSPS) is 16.2. The van der Waals surface area contributed by atoms with Crippen molar-refractivity contribution in [1.82, 2.24) is 9.80 Å². The SMILES string of the molecule is O=Cc1ccc(F)c(C(=O)N2CC[C@@H](N(Cc3ccccc3)C(=O)O)C2)c1. The Bertz CT molecular complexity index is 856. The lowest BCUT2D eigenvalue weighted by Crippen LogP contribution is -2.41. The maximum atomic E-state index is 14.0. The summed E-state index contributed by atoms with van der Waals surface area (Å²) in [5.74, 6) is -1.24. The highest BCUT2D eigenvalue weighted by molar-refractivity contribution is 5.96. The van der Waals surface area contributed by atoms with E-state index in [0.717, 1.165) is 11.6 Å². The van der Waals surface area contributed by atoms with Gasteiger partial charge >= 0.3 is 6.09 Å². The minimum atomic E-state index is -1.06. The lowest BCUT2D eigenvalue weighted by molar-refractivity contribution is 0.0763. The highest BCUT2D eigenvalue weighted by Crippen LogP contribution is 2.22. The lowest BCUT2D eigenvalue weighted by Gasteiger charge is -2.26. The molecule has 6 nitrogen and oxygen atoms in total. The number of benzene rings is 2. The standard InChI is InChI=1S/C20H19FN2O4/c21-18-7-6-15(13-24)10-17(18)19(25)22-9-8-16(12-22)23(20(26)27)11-14-4-2-1-3-5-14/h1-7,10,13,16H,8-9,11-12H2,(H,26,27)/t16-/m1/s1. The van der Waals surface area contributed by atoms with Crippen LogP contribution in [0.15, 0.2) is 48.5 Å². The van der Waals surface area contributed by atoms with Gasteiger partial charge in [-0.25, -0.2) is 9.18 Å². The minimum absolute atomic E-state index is 0.176. The molecule has 1 saturated heterocycles. The van der Waals surface area contributed by atoms with Gasteiger partial charge in [0.1, 0.15) is 12.1 Å². The van der Waals surface area contributed by atoms with E-state index < -0.39 is 17.8 Å². The zero-order chi connectivity index (χ0) is 19.4. The Morgan fingerprint density at radius 1 is 1.22 bits per heavy atom. The molecule has 0 spiro atoms. The number of nitrogens with zero attached hydrogens (tertiary/aromatic N) is 2. The lowest BCUT2D eigenvalue weighted by atomic mass is 10.1. The van der Waals surface area contributed by atoms with Crippen molar-refractivity contribution in [3.63, 3.8) is 0 Å². The van der Waals surface area contributed by atoms with E-state index in [0.29, 0.717) is 19.3 Å². The molecule has 7 heteroatoms. The first-order valence-corrected chi connectivity index (χ1v) is 8.57. The van der Waals surface area contributed by atoms with E-state index in [9.17, 15) is 23.9 Å². The highest BCUT2D eigenvalue weighted by Gasteiger charge is 2.34. The molecule has 140 valence electrons. The first kappa shape index (κ1) is 18.6. The highest BCUT2D eigenvalue weighted by atomic mass is 19.1. The average molecular weight is 370 g/mol. The van der Waals surface area contributed by atoms with Crippen LogP contribution in [0.4, 0.5) is 9.18 Å². The van der Waals surface area contributed by atoms with Crippen molar-refractivity contribution in [1.29, 1.82) is 0 Å². The van der Waals surface area contributed by atoms with Crippen molar-refractivity contribution in [2.24, 2.45) is 0 Å². The van der Waals surface area contributed by atoms with Gasteiger partial charge < -0.3 is 10.0 Å². The van der Waals surface area contributed by atoms with Crippen LogP contribution in [0.3, 0.4) is 0 Å². The fraction of sp³-hybridized carbons (Fsp3) is 0.250. The molecule has 1 atom stereocenters. The molecule has 0 unspecified atom stereocenters. The van der Waals surface area contributed by atoms with Crippen molar-refractivity contribution >= 4 is 18.3 Å². The molecule has 27 heavy (non-hydrogen) atoms. The molecule has 0 saturated carbocycles. The number of hydrogen-bond donors (Lipinski definition) is 1. The number of halogens is 1. The summed E-state index contributed by atoms with van der Waals surface area (Å²) in [4.78, 5) is 38.0. The van der Waals surface area contributed by atoms with Gasteiger partial charge in [0.05, 0.1) is 11.6 Å². The van der Waals surface area contributed by atoms with Crippen molar-refractivity contribution in [3.8, 4) is 0 Å². The molecular weight excluding hydrogens is 351 g/mol. The van der Waals surface area contributed by atoms with Crippen LogP contribution in [0.2, 0.25) is 0 Å². The van der Waals surface area contributed by atoms with Gasteiger partial charge in [0.2, 0.25) is 0 Å². The molecule has 0 aliphatic carbocycles. The zero-order valence-corrected chi connectivity index (χ0v) is 14.5. The number of amides is 2. The van der Waals surface area contributed by atoms with Crippen molar-refractivity contribution < 1.29 is 23.9 Å². The maximum Gasteiger partial charge on any atom is 0.407 e. The van der Waals surface area contributed by atoms with E-state index >= 15 is 0 Å². The van der Waals surface area contributed by atoms with E-state index in [-0.39, 0.29) is 30.3 Å². The molecular formula is C20H19FN2O4. The molecule has 2 aromatic rings. The van der Waals surface area contributed by atoms with E-state index in [2.05, 4.69) is 0 Å². The number of carbonyl (C=O) groups is 3. The van der Waals surface area contributed by atoms with Gasteiger partial charge in [-0.05, 0) is 30.2 Å². The number of carboxylic acid groups (broad SMARTS) is 1. The summed E-state index contributed by atoms with van der Waals surface area (Å²) in [5, 5.41) is 9.57. The molecule has 3 rings (SSSR count). The van der Waals surface area contributed by atoms with Gasteiger partial charge in [0.15, 0.2) is 0 Å². The van der Waals surface area contributed by atoms with Crippen molar-refractivity contribution in [2.45, 2.75) is 19.0 Å². The maximum absolute atomic E-state index is 14.0. The third-order valence-electron chi connectivity index (χ3n) is 4.69. The van der Waals surface area contributed by atoms with Gasteiger partial charge in [0.25, 0.3) is 5.91 Å². The van der Waals surface area contributed by atoms with Crippen molar-refractivity contribution in [2.75, 3.05) is 13.1 Å². The molecule has 1 aliphatic rings. The van der Waals surface area contributed by atoms with Gasteiger partial charge in [-0.3, -0.25) is 14.5 Å². The quantitative estimate of drug-likeness (QED) is 0.821. The van der Waals surface area contributed by atoms with E-state index in [1.807, 2.05) is 30.3 Å². The Kier molecular flexibility index (Phi) is 5.49. The molecule has 1 N–H and O–H groups in total. The monoisotopic (exact) mass is 370 g/mol. The van der Waals surface area contributed by atoms with Crippen LogP contribution in [0.1, 0.15) is 32.7 Å². The predicted molar refractivity (Wildman–Crippen MR) is 96.1 cm³/mol. The summed E-state index contributed by atoms with van der Waals surface area (Å²) in [6.07, 6.45) is -0.0400. The molecule has 2 aromatic carbocycles. The van der Waals surface area contributed by atoms with Crippen LogP contribution in [-0.4, -0.2) is 52.3 Å². The molecule has 1 fully saturated rings. The molecule has 1 heterocycles. The second-order valence-corrected chi connectivity index (χ2v) is 6.45. The van der Waals surface area contributed by atoms with Gasteiger partial charge in [-0.1, -0.05) is 30.3 Å². The summed E-state index contributed by atoms with van der Waals surface area (Å²) < 4.78 is 14.0. The summed E-state index contributed by atoms with van der Waals surface area (Å²) >= 11 is 0. The number of hydrogen-bond acceptors (Lipinski definition) is 3. The third-order valence-corrected chi connectivity index (χ3v) is 4.69. The van der Waals surface area contributed by atoms with Crippen LogP contribution in [0, 0.1) is 5.82 Å². The van der Waals surface area contributed by atoms with E-state index in [1.165, 1.54) is 21.9 Å². The second kappa shape index (κ2) is 7.99. The Morgan fingerprint density at radius 3 is 2.63 bits per heavy atom. The molecule has 0 bridgehead atoms. The number of likely N-dealkylation sites (tertiary alicyclic amines) is 1. The largest absolute Gasteiger partial charge is 0.465 e. The first-order valence-electron chi connectivity index (χ1n) is 8.57. The Morgan fingerprint density at radius 2 is 1.96 bits per heavy atom. The molecule has 0 aromatic heterocycles. The minimum Gasteiger partial charge on any atom is -0.465 e. The van der Waals surface area contributed by atoms with Crippen LogP contribution in [0.5, 0.6) is 0 Å². The Hall–Kier alpha value is -3.22. The van der Waals surface area contributed by atoms with Gasteiger partial charge in [0, 0.05) is 25.2 Å². The van der Waals surface area contributed by atoms with Gasteiger partial charge in [-0.15, -0.1) is 0 Å². The van der Waals surface area contributed by atoms with Crippen LogP contribution >= 0.6 is 0 Å². The fourth-order valence-electron chi connectivity index (χ4n) is 3.26. The van der Waals surface area contributed by atoms with Crippen LogP contribution in [-0.2, 0) is 6.54 Å². The molecule has 1 aliphatic heterocycles. The topological polar surface area (TPSA) is 77.9 Å². The Balaban J connectivity index is 1.74. The number of carbonyl (C=O) groups excluding carboxylic acids is 2. The van der Waals surface area contributed by atoms with E-state index in [4.69, 9.17) is 0 Å². The summed E-state index contributed by atoms with van der Waals surface area (Å²) in [7, 11) is 0. The number of rotatable bonds is 5. The number of aldehydes is 1. The molecule has 2 amide bonds. The van der Waals surface area contributed by atoms with Crippen molar-refractivity contribution in [3.05, 3.63) is 71.0 Å².